The molecule has 0 bridgehead atoms. The maximum absolute atomic E-state index is 14.6. The van der Waals surface area contributed by atoms with Crippen LogP contribution in [0, 0.1) is 17.9 Å². The number of benzene rings is 5. The van der Waals surface area contributed by atoms with E-state index in [0.717, 1.165) is 38.8 Å². The Morgan fingerprint density at radius 2 is 1.54 bits per heavy atom. The van der Waals surface area contributed by atoms with Gasteiger partial charge in [0.05, 0.1) is 27.8 Å². The number of halogens is 1. The maximum atomic E-state index is 14.6. The Balaban J connectivity index is 0.000000196. The van der Waals surface area contributed by atoms with E-state index >= 15 is 0 Å². The molecule has 0 aliphatic carbocycles. The molecule has 9 aromatic rings. The van der Waals surface area contributed by atoms with Gasteiger partial charge in [-0.1, -0.05) is 59.5 Å². The van der Waals surface area contributed by atoms with Crippen molar-refractivity contribution in [1.29, 1.82) is 0 Å². The summed E-state index contributed by atoms with van der Waals surface area (Å²) in [6, 6.07) is 46.2. The molecule has 50 heavy (non-hydrogen) atoms. The summed E-state index contributed by atoms with van der Waals surface area (Å²) in [6.45, 7) is 0. The van der Waals surface area contributed by atoms with E-state index in [1.165, 1.54) is 16.7 Å². The van der Waals surface area contributed by atoms with Crippen LogP contribution in [0.15, 0.2) is 138 Å². The van der Waals surface area contributed by atoms with Gasteiger partial charge in [0.1, 0.15) is 5.82 Å². The minimum atomic E-state index is -1.72. The van der Waals surface area contributed by atoms with Gasteiger partial charge in [0, 0.05) is 37.4 Å². The molecule has 5 nitrogen and oxygen atoms in total. The predicted molar refractivity (Wildman–Crippen MR) is 199 cm³/mol. The SMILES string of the molecule is Fc1ccnc2oc3c(-c4nc5ccccc5n4-c4cccc5ccccc45)[c-]ccc3c12.[CH3][Ge]([CH3])([CH3])[c]1ccc(-c2[c-]cccc2)nc1.[Ir]. The second-order valence-electron chi connectivity index (χ2n) is 12.9. The second-order valence-corrected chi connectivity index (χ2v) is 23.5. The van der Waals surface area contributed by atoms with Crippen molar-refractivity contribution in [3.05, 3.63) is 152 Å². The van der Waals surface area contributed by atoms with Crippen molar-refractivity contribution in [3.8, 4) is 28.3 Å². The molecule has 1 radical (unpaired) electrons. The molecule has 247 valence electrons. The molecule has 4 aromatic heterocycles. The van der Waals surface area contributed by atoms with Crippen LogP contribution in [0.4, 0.5) is 4.39 Å². The molecular weight excluding hydrogens is 860 g/mol. The van der Waals surface area contributed by atoms with Gasteiger partial charge in [-0.3, -0.25) is 4.98 Å². The summed E-state index contributed by atoms with van der Waals surface area (Å²) in [5, 5.41) is 3.27. The molecule has 9 rings (SSSR count). The Kier molecular flexibility index (Phi) is 9.23. The maximum Gasteiger partial charge on any atom is 0 e. The molecule has 0 atom stereocenters. The molecule has 5 aromatic carbocycles. The first kappa shape index (κ1) is 33.5. The number of para-hydroxylation sites is 2. The van der Waals surface area contributed by atoms with E-state index in [-0.39, 0.29) is 31.6 Å². The van der Waals surface area contributed by atoms with E-state index in [4.69, 9.17) is 9.40 Å². The average Bonchev–Trinajstić information content (AvgIpc) is 3.71. The minimum absolute atomic E-state index is 0. The number of furan rings is 1. The molecular formula is C42H31FGeIrN4O-2. The molecule has 4 heterocycles. The Labute approximate surface area is 305 Å². The summed E-state index contributed by atoms with van der Waals surface area (Å²) in [4.78, 5) is 13.7. The number of fused-ring (bicyclic) bond motifs is 5. The molecule has 0 spiro atoms. The van der Waals surface area contributed by atoms with Gasteiger partial charge in [-0.15, -0.1) is 18.2 Å². The molecule has 0 saturated carbocycles. The first-order valence-electron chi connectivity index (χ1n) is 16.1. The van der Waals surface area contributed by atoms with Gasteiger partial charge in [0.15, 0.2) is 0 Å². The van der Waals surface area contributed by atoms with E-state index < -0.39 is 13.3 Å². The van der Waals surface area contributed by atoms with Crippen molar-refractivity contribution in [1.82, 2.24) is 19.5 Å². The van der Waals surface area contributed by atoms with Gasteiger partial charge in [0.25, 0.3) is 0 Å². The molecule has 0 amide bonds. The van der Waals surface area contributed by atoms with E-state index in [2.05, 4.69) is 80.3 Å². The van der Waals surface area contributed by atoms with Crippen molar-refractivity contribution in [2.24, 2.45) is 0 Å². The van der Waals surface area contributed by atoms with E-state index in [9.17, 15) is 4.39 Å². The first-order valence-corrected chi connectivity index (χ1v) is 23.5. The van der Waals surface area contributed by atoms with Crippen molar-refractivity contribution in [2.45, 2.75) is 17.3 Å². The normalized spacial score (nSPS) is 11.4. The summed E-state index contributed by atoms with van der Waals surface area (Å²) in [5.41, 5.74) is 6.34. The van der Waals surface area contributed by atoms with Crippen LogP contribution in [0.2, 0.25) is 17.3 Å². The van der Waals surface area contributed by atoms with Crippen LogP contribution in [0.25, 0.3) is 72.2 Å². The third-order valence-electron chi connectivity index (χ3n) is 8.69. The number of hydrogen-bond acceptors (Lipinski definition) is 4. The van der Waals surface area contributed by atoms with Gasteiger partial charge in [0.2, 0.25) is 5.71 Å². The minimum Gasteiger partial charge on any atom is 0 e. The van der Waals surface area contributed by atoms with Crippen molar-refractivity contribution in [2.75, 3.05) is 0 Å². The number of aromatic nitrogens is 4. The van der Waals surface area contributed by atoms with Crippen LogP contribution in [0.1, 0.15) is 0 Å². The smallest absolute Gasteiger partial charge is 0 e. The summed E-state index contributed by atoms with van der Waals surface area (Å²) in [6.07, 6.45) is 3.45. The van der Waals surface area contributed by atoms with Crippen LogP contribution in [0.5, 0.6) is 0 Å². The van der Waals surface area contributed by atoms with Gasteiger partial charge >= 0.3 is 99.8 Å². The third kappa shape index (κ3) is 6.17. The largest absolute Gasteiger partial charge is 0 e. The summed E-state index contributed by atoms with van der Waals surface area (Å²) >= 11 is -1.72. The molecule has 0 fully saturated rings. The Hall–Kier alpha value is -4.95. The zero-order valence-electron chi connectivity index (χ0n) is 27.6. The van der Waals surface area contributed by atoms with E-state index in [0.29, 0.717) is 27.7 Å². The fraction of sp³-hybridized carbons (Fsp3) is 0.0714. The Bertz CT molecular complexity index is 2610. The monoisotopic (exact) mass is 893 g/mol. The predicted octanol–water partition coefficient (Wildman–Crippen LogP) is 10.2. The van der Waals surface area contributed by atoms with Gasteiger partial charge < -0.3 is 8.98 Å². The number of hydrogen-bond donors (Lipinski definition) is 0. The molecule has 0 aliphatic heterocycles. The number of nitrogens with zero attached hydrogens (tertiary/aromatic N) is 4. The number of pyridine rings is 2. The van der Waals surface area contributed by atoms with Crippen molar-refractivity contribution in [3.63, 3.8) is 0 Å². The molecule has 0 unspecified atom stereocenters. The van der Waals surface area contributed by atoms with Gasteiger partial charge in [-0.05, 0) is 29.7 Å². The fourth-order valence-corrected chi connectivity index (χ4v) is 8.35. The summed E-state index contributed by atoms with van der Waals surface area (Å²) < 4.78 is 24.3. The van der Waals surface area contributed by atoms with Crippen LogP contribution in [-0.2, 0) is 20.1 Å². The van der Waals surface area contributed by atoms with E-state index in [1.54, 1.807) is 12.1 Å². The van der Waals surface area contributed by atoms with Crippen LogP contribution < -0.4 is 4.40 Å². The second kappa shape index (κ2) is 13.8. The molecule has 0 saturated heterocycles. The molecule has 8 heteroatoms. The number of imidazole rings is 1. The molecule has 0 aliphatic rings. The van der Waals surface area contributed by atoms with Crippen LogP contribution >= 0.6 is 0 Å². The van der Waals surface area contributed by atoms with Crippen LogP contribution in [0.3, 0.4) is 0 Å². The standard InChI is InChI=1S/C28H15FN3O.C14H16GeN.Ir/c29-21-15-16-30-28-25(21)19-10-6-11-20(26(19)33-28)27-31-22-12-3-4-13-24(22)32(27)23-14-5-8-17-7-1-2-9-18(17)23;1-15(2,3)13-9-10-14(16-11-13)12-7-5-4-6-8-12;/h1-10,12-16H;4-7,9-11H,1-3H3;/q2*-1;. The Morgan fingerprint density at radius 1 is 0.740 bits per heavy atom. The zero-order chi connectivity index (χ0) is 33.5. The van der Waals surface area contributed by atoms with Crippen LogP contribution in [-0.4, -0.2) is 32.8 Å². The topological polar surface area (TPSA) is 56.7 Å². The summed E-state index contributed by atoms with van der Waals surface area (Å²) in [7, 11) is 0. The Morgan fingerprint density at radius 3 is 2.34 bits per heavy atom. The first-order chi connectivity index (χ1) is 23.9. The van der Waals surface area contributed by atoms with Gasteiger partial charge in [-0.2, -0.15) is 0 Å². The van der Waals surface area contributed by atoms with Crippen molar-refractivity contribution < 1.29 is 28.9 Å². The third-order valence-corrected chi connectivity index (χ3v) is 12.9. The summed E-state index contributed by atoms with van der Waals surface area (Å²) in [5.74, 6) is 7.46. The molecule has 0 N–H and O–H groups in total. The average molecular weight is 892 g/mol. The quantitative estimate of drug-likeness (QED) is 0.131. The van der Waals surface area contributed by atoms with Crippen molar-refractivity contribution >= 4 is 61.5 Å². The number of rotatable bonds is 4. The van der Waals surface area contributed by atoms with Gasteiger partial charge in [-0.25, -0.2) is 9.37 Å². The fourth-order valence-electron chi connectivity index (χ4n) is 6.18. The van der Waals surface area contributed by atoms with E-state index in [1.807, 2.05) is 72.9 Å². The zero-order valence-corrected chi connectivity index (χ0v) is 32.1.